The third-order valence-electron chi connectivity index (χ3n) is 4.18. The Morgan fingerprint density at radius 3 is 2.73 bits per heavy atom. The van der Waals surface area contributed by atoms with E-state index in [1.165, 1.54) is 30.0 Å². The van der Waals surface area contributed by atoms with E-state index >= 15 is 0 Å². The number of carbonyl (C=O) groups excluding carboxylic acids is 2. The maximum absolute atomic E-state index is 13.1. The van der Waals surface area contributed by atoms with Crippen molar-refractivity contribution < 1.29 is 19.2 Å². The second-order valence-electron chi connectivity index (χ2n) is 5.86. The van der Waals surface area contributed by atoms with Gasteiger partial charge in [-0.25, -0.2) is 4.79 Å². The third-order valence-corrected chi connectivity index (χ3v) is 5.47. The van der Waals surface area contributed by atoms with Crippen LogP contribution >= 0.6 is 11.8 Å². The smallest absolute Gasteiger partial charge is 0.356 e. The lowest BCUT2D eigenvalue weighted by atomic mass is 10.0. The van der Waals surface area contributed by atoms with Gasteiger partial charge in [-0.2, -0.15) is 0 Å². The van der Waals surface area contributed by atoms with Gasteiger partial charge in [-0.05, 0) is 38.7 Å². The molecule has 0 bridgehead atoms. The van der Waals surface area contributed by atoms with Gasteiger partial charge in [-0.1, -0.05) is 23.9 Å². The zero-order valence-electron chi connectivity index (χ0n) is 14.2. The van der Waals surface area contributed by atoms with Gasteiger partial charge in [0.2, 0.25) is 5.78 Å². The lowest BCUT2D eigenvalue weighted by molar-refractivity contribution is -0.385. The van der Waals surface area contributed by atoms with Gasteiger partial charge in [-0.3, -0.25) is 14.9 Å². The Kier molecular flexibility index (Phi) is 5.41. The van der Waals surface area contributed by atoms with Crippen molar-refractivity contribution in [2.45, 2.75) is 32.6 Å². The van der Waals surface area contributed by atoms with E-state index in [2.05, 4.69) is 5.32 Å². The molecule has 2 aliphatic rings. The molecule has 3 rings (SSSR count). The fourth-order valence-electron chi connectivity index (χ4n) is 2.96. The van der Waals surface area contributed by atoms with Crippen LogP contribution in [0.3, 0.4) is 0 Å². The van der Waals surface area contributed by atoms with Crippen molar-refractivity contribution in [2.24, 2.45) is 0 Å². The minimum atomic E-state index is -0.626. The minimum absolute atomic E-state index is 0.0385. The Labute approximate surface area is 154 Å². The molecule has 136 valence electrons. The van der Waals surface area contributed by atoms with Crippen molar-refractivity contribution in [3.05, 3.63) is 61.1 Å². The molecule has 0 aromatic heterocycles. The number of hydrogen-bond donors (Lipinski definition) is 1. The van der Waals surface area contributed by atoms with E-state index < -0.39 is 16.7 Å². The van der Waals surface area contributed by atoms with E-state index in [0.29, 0.717) is 0 Å². The molecule has 1 aromatic rings. The third kappa shape index (κ3) is 3.50. The van der Waals surface area contributed by atoms with Gasteiger partial charge < -0.3 is 10.1 Å². The molecule has 0 spiro atoms. The Bertz CT molecular complexity index is 844. The number of ether oxygens (including phenoxy) is 1. The van der Waals surface area contributed by atoms with Crippen molar-refractivity contribution in [3.8, 4) is 0 Å². The molecule has 0 fully saturated rings. The predicted octanol–water partition coefficient (Wildman–Crippen LogP) is 3.67. The number of nitrogens with one attached hydrogen (secondary N) is 1. The van der Waals surface area contributed by atoms with Crippen LogP contribution in [0.1, 0.15) is 43.0 Å². The molecule has 0 atom stereocenters. The van der Waals surface area contributed by atoms with Crippen molar-refractivity contribution in [3.63, 3.8) is 0 Å². The van der Waals surface area contributed by atoms with E-state index in [0.717, 1.165) is 36.3 Å². The van der Waals surface area contributed by atoms with Crippen LogP contribution in [0.2, 0.25) is 0 Å². The largest absolute Gasteiger partial charge is 0.461 e. The summed E-state index contributed by atoms with van der Waals surface area (Å²) in [6.07, 6.45) is 3.64. The number of benzene rings is 1. The first-order valence-corrected chi connectivity index (χ1v) is 9.21. The molecule has 8 heteroatoms. The van der Waals surface area contributed by atoms with Crippen molar-refractivity contribution in [2.75, 3.05) is 6.61 Å². The molecule has 0 amide bonds. The van der Waals surface area contributed by atoms with Gasteiger partial charge in [0.15, 0.2) is 0 Å². The number of Topliss-reactive ketones (excluding diaryl/α,β-unsaturated/α-hetero) is 1. The van der Waals surface area contributed by atoms with Crippen LogP contribution in [0.5, 0.6) is 0 Å². The fourth-order valence-corrected chi connectivity index (χ4v) is 4.17. The molecule has 1 heterocycles. The topological polar surface area (TPSA) is 98.5 Å². The highest BCUT2D eigenvalue weighted by atomic mass is 32.2. The number of carbonyl (C=O) groups is 2. The summed E-state index contributed by atoms with van der Waals surface area (Å²) in [4.78, 5) is 37.3. The van der Waals surface area contributed by atoms with E-state index in [1.807, 2.05) is 0 Å². The van der Waals surface area contributed by atoms with Gasteiger partial charge in [0, 0.05) is 16.7 Å². The van der Waals surface area contributed by atoms with Gasteiger partial charge in [0.05, 0.1) is 16.4 Å². The molecule has 0 saturated carbocycles. The van der Waals surface area contributed by atoms with E-state index in [-0.39, 0.29) is 28.5 Å². The first-order valence-electron chi connectivity index (χ1n) is 8.39. The van der Waals surface area contributed by atoms with Gasteiger partial charge in [0.1, 0.15) is 11.3 Å². The highest BCUT2D eigenvalue weighted by Crippen LogP contribution is 2.42. The van der Waals surface area contributed by atoms with Crippen molar-refractivity contribution >= 4 is 29.2 Å². The molecule has 1 aliphatic heterocycles. The van der Waals surface area contributed by atoms with Crippen LogP contribution in [0.25, 0.3) is 0 Å². The Morgan fingerprint density at radius 2 is 2.00 bits per heavy atom. The van der Waals surface area contributed by atoms with E-state index in [1.54, 1.807) is 13.0 Å². The number of ketones is 1. The maximum Gasteiger partial charge on any atom is 0.356 e. The lowest BCUT2D eigenvalue weighted by Crippen LogP contribution is -2.30. The summed E-state index contributed by atoms with van der Waals surface area (Å²) in [5, 5.41) is 14.3. The monoisotopic (exact) mass is 374 g/mol. The fraction of sp³-hybridized carbons (Fsp3) is 0.333. The number of nitro benzene ring substituents is 1. The number of para-hydroxylation sites is 1. The second kappa shape index (κ2) is 7.74. The average molecular weight is 374 g/mol. The van der Waals surface area contributed by atoms with Gasteiger partial charge in [-0.15, -0.1) is 0 Å². The summed E-state index contributed by atoms with van der Waals surface area (Å²) in [5.41, 5.74) is 0.685. The Balaban J connectivity index is 2.04. The normalized spacial score (nSPS) is 16.7. The summed E-state index contributed by atoms with van der Waals surface area (Å²) in [5.74, 6) is -1.17. The van der Waals surface area contributed by atoms with Gasteiger partial charge >= 0.3 is 5.97 Å². The van der Waals surface area contributed by atoms with Crippen LogP contribution < -0.4 is 5.32 Å². The Morgan fingerprint density at radius 1 is 1.27 bits per heavy atom. The molecule has 1 aromatic carbocycles. The number of hydrogen-bond acceptors (Lipinski definition) is 7. The molecule has 0 radical (unpaired) electrons. The minimum Gasteiger partial charge on any atom is -0.461 e. The first-order chi connectivity index (χ1) is 12.5. The molecule has 26 heavy (non-hydrogen) atoms. The SMILES string of the molecule is CCOC(=O)C1=C(C(=O)c2ccccc2[N+](=O)[O-])SC2=C(CCCC2)N1. The molecular formula is C18H18N2O5S. The van der Waals surface area contributed by atoms with Crippen LogP contribution in [0.15, 0.2) is 45.5 Å². The number of esters is 1. The Hall–Kier alpha value is -2.61. The van der Waals surface area contributed by atoms with Crippen LogP contribution in [-0.2, 0) is 9.53 Å². The number of nitro groups is 1. The number of rotatable bonds is 5. The zero-order valence-corrected chi connectivity index (χ0v) is 15.1. The molecule has 0 saturated heterocycles. The standard InChI is InChI=1S/C18H18N2O5S/c1-2-25-18(22)15-17(26-14-10-6-4-8-12(14)19-15)16(21)11-7-3-5-9-13(11)20(23)24/h3,5,7,9,19H,2,4,6,8,10H2,1H3. The maximum atomic E-state index is 13.1. The second-order valence-corrected chi connectivity index (χ2v) is 6.97. The summed E-state index contributed by atoms with van der Waals surface area (Å²) >= 11 is 1.22. The molecule has 7 nitrogen and oxygen atoms in total. The quantitative estimate of drug-likeness (QED) is 0.363. The number of nitrogens with zero attached hydrogens (tertiary/aromatic N) is 1. The summed E-state index contributed by atoms with van der Waals surface area (Å²) in [6, 6.07) is 5.76. The van der Waals surface area contributed by atoms with Crippen LogP contribution in [0.4, 0.5) is 5.69 Å². The first kappa shape index (κ1) is 18.2. The zero-order chi connectivity index (χ0) is 18.7. The average Bonchev–Trinajstić information content (AvgIpc) is 2.66. The van der Waals surface area contributed by atoms with Gasteiger partial charge in [0.25, 0.3) is 5.69 Å². The molecular weight excluding hydrogens is 356 g/mol. The molecule has 1 N–H and O–H groups in total. The lowest BCUT2D eigenvalue weighted by Gasteiger charge is -2.28. The van der Waals surface area contributed by atoms with Crippen LogP contribution in [-0.4, -0.2) is 23.3 Å². The predicted molar refractivity (Wildman–Crippen MR) is 97.3 cm³/mol. The summed E-state index contributed by atoms with van der Waals surface area (Å²) in [7, 11) is 0. The van der Waals surface area contributed by atoms with E-state index in [9.17, 15) is 19.7 Å². The number of thioether (sulfide) groups is 1. The summed E-state index contributed by atoms with van der Waals surface area (Å²) < 4.78 is 5.07. The van der Waals surface area contributed by atoms with E-state index in [4.69, 9.17) is 4.74 Å². The molecule has 0 unspecified atom stereocenters. The molecule has 1 aliphatic carbocycles. The van der Waals surface area contributed by atoms with Crippen molar-refractivity contribution in [1.82, 2.24) is 5.32 Å². The highest BCUT2D eigenvalue weighted by molar-refractivity contribution is 8.07. The van der Waals surface area contributed by atoms with Crippen LogP contribution in [0, 0.1) is 10.1 Å². The van der Waals surface area contributed by atoms with Crippen molar-refractivity contribution in [1.29, 1.82) is 0 Å². The number of allylic oxidation sites excluding steroid dienone is 3. The highest BCUT2D eigenvalue weighted by Gasteiger charge is 2.33. The summed E-state index contributed by atoms with van der Waals surface area (Å²) in [6.45, 7) is 1.86.